The molecule has 3 heterocycles. The highest BCUT2D eigenvalue weighted by Gasteiger charge is 2.50. The first-order valence-corrected chi connectivity index (χ1v) is 11.6. The SMILES string of the molecule is Cc1nc([C@@H]2OC3COC(c4ccccc4)O[C@@H]3C(N)C2O)n(-c2cc(Cl)cc(C)c2C(F)(F)F)n1. The number of hydrogen-bond acceptors (Lipinski definition) is 7. The molecule has 5 rings (SSSR count). The lowest BCUT2D eigenvalue weighted by Gasteiger charge is -2.46. The molecular weight excluding hydrogens is 501 g/mol. The number of nitrogens with zero attached hydrogens (tertiary/aromatic N) is 3. The molecule has 3 N–H and O–H groups in total. The summed E-state index contributed by atoms with van der Waals surface area (Å²) in [5.41, 5.74) is 5.84. The molecule has 2 aromatic carbocycles. The zero-order chi connectivity index (χ0) is 25.8. The number of benzene rings is 2. The molecular formula is C24H24ClF3N4O4. The molecule has 0 saturated carbocycles. The third kappa shape index (κ3) is 4.51. The fourth-order valence-electron chi connectivity index (χ4n) is 4.72. The zero-order valence-corrected chi connectivity index (χ0v) is 20.1. The number of rotatable bonds is 3. The van der Waals surface area contributed by atoms with E-state index in [1.54, 1.807) is 0 Å². The highest BCUT2D eigenvalue weighted by molar-refractivity contribution is 6.30. The van der Waals surface area contributed by atoms with Gasteiger partial charge in [0, 0.05) is 10.6 Å². The van der Waals surface area contributed by atoms with E-state index in [0.29, 0.717) is 0 Å². The van der Waals surface area contributed by atoms with Crippen LogP contribution in [0.15, 0.2) is 42.5 Å². The first-order chi connectivity index (χ1) is 17.0. The molecule has 0 bridgehead atoms. The molecule has 3 aromatic rings. The molecule has 0 amide bonds. The van der Waals surface area contributed by atoms with E-state index in [0.717, 1.165) is 16.3 Å². The van der Waals surface area contributed by atoms with E-state index in [1.165, 1.54) is 19.9 Å². The van der Waals surface area contributed by atoms with E-state index in [9.17, 15) is 18.3 Å². The van der Waals surface area contributed by atoms with Crippen LogP contribution in [-0.2, 0) is 20.4 Å². The lowest BCUT2D eigenvalue weighted by atomic mass is 9.92. The topological polar surface area (TPSA) is 105 Å². The maximum absolute atomic E-state index is 14.0. The van der Waals surface area contributed by atoms with Crippen molar-refractivity contribution in [2.24, 2.45) is 5.73 Å². The number of aryl methyl sites for hydroxylation is 2. The average Bonchev–Trinajstić information content (AvgIpc) is 3.21. The van der Waals surface area contributed by atoms with Crippen molar-refractivity contribution in [3.05, 3.63) is 75.8 Å². The molecule has 2 aliphatic heterocycles. The highest BCUT2D eigenvalue weighted by Crippen LogP contribution is 2.41. The predicted molar refractivity (Wildman–Crippen MR) is 122 cm³/mol. The molecule has 0 radical (unpaired) electrons. The highest BCUT2D eigenvalue weighted by atomic mass is 35.5. The summed E-state index contributed by atoms with van der Waals surface area (Å²) < 4.78 is 61.0. The summed E-state index contributed by atoms with van der Waals surface area (Å²) in [5, 5.41) is 15.4. The fourth-order valence-corrected chi connectivity index (χ4v) is 4.99. The lowest BCUT2D eigenvalue weighted by Crippen LogP contribution is -2.62. The third-order valence-electron chi connectivity index (χ3n) is 6.32. The van der Waals surface area contributed by atoms with Gasteiger partial charge in [0.15, 0.2) is 12.1 Å². The van der Waals surface area contributed by atoms with Gasteiger partial charge in [0.25, 0.3) is 0 Å². The van der Waals surface area contributed by atoms with Crippen LogP contribution in [-0.4, -0.2) is 50.8 Å². The average molecular weight is 525 g/mol. The molecule has 1 aromatic heterocycles. The van der Waals surface area contributed by atoms with Crippen LogP contribution in [0.3, 0.4) is 0 Å². The Morgan fingerprint density at radius 3 is 2.56 bits per heavy atom. The second-order valence-corrected chi connectivity index (χ2v) is 9.32. The summed E-state index contributed by atoms with van der Waals surface area (Å²) in [4.78, 5) is 4.30. The molecule has 0 aliphatic carbocycles. The van der Waals surface area contributed by atoms with Gasteiger partial charge in [-0.05, 0) is 31.5 Å². The van der Waals surface area contributed by atoms with E-state index in [-0.39, 0.29) is 34.5 Å². The van der Waals surface area contributed by atoms with Crippen molar-refractivity contribution < 1.29 is 32.5 Å². The minimum Gasteiger partial charge on any atom is -0.388 e. The number of ether oxygens (including phenoxy) is 3. The van der Waals surface area contributed by atoms with Crippen molar-refractivity contribution in [2.75, 3.05) is 6.61 Å². The van der Waals surface area contributed by atoms with Gasteiger partial charge in [-0.1, -0.05) is 41.9 Å². The van der Waals surface area contributed by atoms with Gasteiger partial charge < -0.3 is 25.1 Å². The Balaban J connectivity index is 1.50. The molecule has 12 heteroatoms. The van der Waals surface area contributed by atoms with Gasteiger partial charge in [-0.25, -0.2) is 9.67 Å². The van der Waals surface area contributed by atoms with Crippen molar-refractivity contribution in [1.29, 1.82) is 0 Å². The second kappa shape index (κ2) is 9.40. The van der Waals surface area contributed by atoms with Crippen LogP contribution in [0.4, 0.5) is 13.2 Å². The van der Waals surface area contributed by atoms with Crippen molar-refractivity contribution in [3.8, 4) is 5.69 Å². The van der Waals surface area contributed by atoms with Gasteiger partial charge in [0.1, 0.15) is 30.2 Å². The van der Waals surface area contributed by atoms with Crippen LogP contribution in [0.25, 0.3) is 5.69 Å². The van der Waals surface area contributed by atoms with Gasteiger partial charge in [-0.15, -0.1) is 0 Å². The maximum atomic E-state index is 14.0. The Bertz CT molecular complexity index is 1250. The van der Waals surface area contributed by atoms with Crippen LogP contribution >= 0.6 is 11.6 Å². The van der Waals surface area contributed by atoms with Crippen LogP contribution in [0.1, 0.15) is 40.7 Å². The minimum absolute atomic E-state index is 0.0359. The molecule has 192 valence electrons. The van der Waals surface area contributed by atoms with Gasteiger partial charge in [0.05, 0.1) is 23.9 Å². The van der Waals surface area contributed by atoms with Crippen LogP contribution in [0.5, 0.6) is 0 Å². The standard InChI is InChI=1S/C24H24ClF3N4O4/c1-11-8-14(25)9-15(17(11)24(26,27)28)32-22(30-12(2)31-32)21-19(33)18(29)20-16(35-21)10-34-23(36-20)13-6-4-3-5-7-13/h3-9,16,18-21,23,33H,10,29H2,1-2H3/t16?,18?,19?,20-,21+,23?/m0/s1. The molecule has 8 nitrogen and oxygen atoms in total. The first kappa shape index (κ1) is 25.1. The Hall–Kier alpha value is -2.54. The van der Waals surface area contributed by atoms with E-state index in [1.807, 2.05) is 30.3 Å². The second-order valence-electron chi connectivity index (χ2n) is 8.88. The molecule has 4 unspecified atom stereocenters. The Morgan fingerprint density at radius 2 is 1.86 bits per heavy atom. The lowest BCUT2D eigenvalue weighted by molar-refractivity contribution is -0.309. The molecule has 2 fully saturated rings. The molecule has 0 spiro atoms. The summed E-state index contributed by atoms with van der Waals surface area (Å²) in [6.45, 7) is 2.94. The van der Waals surface area contributed by atoms with Crippen LogP contribution < -0.4 is 5.73 Å². The van der Waals surface area contributed by atoms with Crippen molar-refractivity contribution in [1.82, 2.24) is 14.8 Å². The Kier molecular flexibility index (Phi) is 6.56. The van der Waals surface area contributed by atoms with Crippen LogP contribution in [0, 0.1) is 13.8 Å². The fraction of sp³-hybridized carbons (Fsp3) is 0.417. The molecule has 2 aliphatic rings. The van der Waals surface area contributed by atoms with E-state index in [2.05, 4.69) is 10.1 Å². The Morgan fingerprint density at radius 1 is 1.14 bits per heavy atom. The number of nitrogens with two attached hydrogens (primary N) is 1. The van der Waals surface area contributed by atoms with Crippen LogP contribution in [0.2, 0.25) is 5.02 Å². The monoisotopic (exact) mass is 524 g/mol. The van der Waals surface area contributed by atoms with Gasteiger partial charge in [0.2, 0.25) is 0 Å². The van der Waals surface area contributed by atoms with Crippen molar-refractivity contribution in [3.63, 3.8) is 0 Å². The molecule has 36 heavy (non-hydrogen) atoms. The predicted octanol–water partition coefficient (Wildman–Crippen LogP) is 3.80. The summed E-state index contributed by atoms with van der Waals surface area (Å²) in [5.74, 6) is 0.147. The normalized spacial score (nSPS) is 28.7. The summed E-state index contributed by atoms with van der Waals surface area (Å²) in [6, 6.07) is 10.7. The maximum Gasteiger partial charge on any atom is 0.418 e. The Labute approximate surface area is 209 Å². The van der Waals surface area contributed by atoms with Gasteiger partial charge in [-0.2, -0.15) is 18.3 Å². The minimum atomic E-state index is -4.69. The number of aliphatic hydroxyl groups excluding tert-OH is 1. The number of alkyl halides is 3. The van der Waals surface area contributed by atoms with E-state index in [4.69, 9.17) is 31.5 Å². The largest absolute Gasteiger partial charge is 0.418 e. The van der Waals surface area contributed by atoms with Gasteiger partial charge in [-0.3, -0.25) is 0 Å². The smallest absolute Gasteiger partial charge is 0.388 e. The number of aromatic nitrogens is 3. The molecule has 2 saturated heterocycles. The summed E-state index contributed by atoms with van der Waals surface area (Å²) in [6.07, 6.45) is -9.33. The van der Waals surface area contributed by atoms with Crippen molar-refractivity contribution in [2.45, 2.75) is 56.8 Å². The van der Waals surface area contributed by atoms with Crippen molar-refractivity contribution >= 4 is 11.6 Å². The quantitative estimate of drug-likeness (QED) is 0.537. The van der Waals surface area contributed by atoms with E-state index >= 15 is 0 Å². The third-order valence-corrected chi connectivity index (χ3v) is 6.54. The van der Waals surface area contributed by atoms with Gasteiger partial charge >= 0.3 is 6.18 Å². The summed E-state index contributed by atoms with van der Waals surface area (Å²) >= 11 is 6.11. The molecule has 6 atom stereocenters. The van der Waals surface area contributed by atoms with E-state index < -0.39 is 48.5 Å². The first-order valence-electron chi connectivity index (χ1n) is 11.3. The number of halogens is 4. The number of hydrogen-bond donors (Lipinski definition) is 2. The number of fused-ring (bicyclic) bond motifs is 1. The zero-order valence-electron chi connectivity index (χ0n) is 19.3. The number of aliphatic hydroxyl groups is 1. The summed E-state index contributed by atoms with van der Waals surface area (Å²) in [7, 11) is 0.